The molecule has 0 radical (unpaired) electrons. The van der Waals surface area contributed by atoms with Crippen LogP contribution in [0.4, 0.5) is 13.2 Å². The molecule has 0 aliphatic carbocycles. The van der Waals surface area contributed by atoms with Crippen molar-refractivity contribution in [3.8, 4) is 0 Å². The van der Waals surface area contributed by atoms with E-state index in [0.29, 0.717) is 0 Å². The van der Waals surface area contributed by atoms with Gasteiger partial charge in [0.05, 0.1) is 10.9 Å². The predicted octanol–water partition coefficient (Wildman–Crippen LogP) is 5.60. The average Bonchev–Trinajstić information content (AvgIpc) is 2.57. The lowest BCUT2D eigenvalue weighted by Gasteiger charge is -2.14. The predicted molar refractivity (Wildman–Crippen MR) is 111 cm³/mol. The van der Waals surface area contributed by atoms with E-state index >= 15 is 0 Å². The smallest absolute Gasteiger partial charge is 0.536 e. The zero-order valence-electron chi connectivity index (χ0n) is 16.6. The van der Waals surface area contributed by atoms with Gasteiger partial charge in [0, 0.05) is 5.56 Å². The first kappa shape index (κ1) is 26.0. The summed E-state index contributed by atoms with van der Waals surface area (Å²) in [5, 5.41) is 0. The van der Waals surface area contributed by atoms with Gasteiger partial charge in [-0.3, -0.25) is 0 Å². The molecule has 0 spiro atoms. The lowest BCUT2D eigenvalue weighted by Crippen LogP contribution is -2.18. The van der Waals surface area contributed by atoms with Gasteiger partial charge in [-0.05, 0) is 85.4 Å². The maximum absolute atomic E-state index is 10.8. The fraction of sp³-hybridized carbons (Fsp3) is 0.368. The monoisotopic (exact) mass is 514 g/mol. The quantitative estimate of drug-likeness (QED) is 0.230. The molecule has 1 unspecified atom stereocenters. The molecule has 0 amide bonds. The molecule has 162 valence electrons. The average molecular weight is 515 g/mol. The van der Waals surface area contributed by atoms with E-state index in [4.69, 9.17) is 13.0 Å². The first-order valence-electron chi connectivity index (χ1n) is 8.30. The Kier molecular flexibility index (Phi) is 9.22. The number of benzene rings is 2. The summed E-state index contributed by atoms with van der Waals surface area (Å²) in [5.74, 6) is 0. The number of alkyl halides is 4. The third-order valence-corrected chi connectivity index (χ3v) is 8.09. The van der Waals surface area contributed by atoms with Crippen LogP contribution in [0.5, 0.6) is 0 Å². The van der Waals surface area contributed by atoms with Crippen molar-refractivity contribution in [2.75, 3.05) is 4.66 Å². The van der Waals surface area contributed by atoms with E-state index in [2.05, 4.69) is 80.9 Å². The van der Waals surface area contributed by atoms with Crippen LogP contribution >= 0.6 is 15.9 Å². The molecule has 0 saturated heterocycles. The van der Waals surface area contributed by atoms with Gasteiger partial charge in [-0.25, -0.2) is 8.42 Å². The molecule has 29 heavy (non-hydrogen) atoms. The minimum absolute atomic E-state index is 0.110. The maximum Gasteiger partial charge on any atom is 0.536 e. The second-order valence-electron chi connectivity index (χ2n) is 6.32. The van der Waals surface area contributed by atoms with Crippen LogP contribution in [0.1, 0.15) is 27.8 Å². The van der Waals surface area contributed by atoms with Crippen LogP contribution in [0, 0.1) is 34.6 Å². The van der Waals surface area contributed by atoms with Gasteiger partial charge in [-0.15, -0.1) is 13.2 Å². The number of rotatable bonds is 4. The van der Waals surface area contributed by atoms with Crippen molar-refractivity contribution in [3.05, 3.63) is 58.1 Å². The highest BCUT2D eigenvalue weighted by Crippen LogP contribution is 2.32. The van der Waals surface area contributed by atoms with Crippen LogP contribution in [0.3, 0.4) is 0 Å². The lowest BCUT2D eigenvalue weighted by molar-refractivity contribution is -0.275. The highest BCUT2D eigenvalue weighted by atomic mass is 79.9. The van der Waals surface area contributed by atoms with Crippen molar-refractivity contribution < 1.29 is 30.3 Å². The van der Waals surface area contributed by atoms with E-state index in [1.807, 2.05) is 4.18 Å². The molecule has 0 heterocycles. The lowest BCUT2D eigenvalue weighted by atomic mass is 10.00. The van der Waals surface area contributed by atoms with E-state index in [1.165, 1.54) is 37.6 Å². The van der Waals surface area contributed by atoms with Crippen molar-refractivity contribution in [2.24, 2.45) is 0 Å². The van der Waals surface area contributed by atoms with Gasteiger partial charge in [-0.2, -0.15) is 4.18 Å². The molecule has 2 rings (SSSR count). The topological polar surface area (TPSA) is 66.4 Å². The van der Waals surface area contributed by atoms with Gasteiger partial charge < -0.3 is 4.55 Å². The SMILES string of the molecule is Cc1ccc([S+](CBr)c2cc(C)c(C)c(C)c2C)cc1.O=S(=O)([O-])OC(F)(F)F. The Balaban J connectivity index is 0.000000396. The van der Waals surface area contributed by atoms with Crippen LogP contribution in [0.25, 0.3) is 0 Å². The summed E-state index contributed by atoms with van der Waals surface area (Å²) in [6.45, 7) is 11.1. The molecule has 10 heteroatoms. The summed E-state index contributed by atoms with van der Waals surface area (Å²) in [4.78, 5) is 2.89. The summed E-state index contributed by atoms with van der Waals surface area (Å²) in [5.41, 5.74) is 7.02. The summed E-state index contributed by atoms with van der Waals surface area (Å²) in [6, 6.07) is 11.3. The van der Waals surface area contributed by atoms with Gasteiger partial charge in [-0.1, -0.05) is 17.7 Å². The number of hydrogen-bond donors (Lipinski definition) is 0. The van der Waals surface area contributed by atoms with Crippen molar-refractivity contribution in [2.45, 2.75) is 50.8 Å². The van der Waals surface area contributed by atoms with Crippen LogP contribution in [-0.4, -0.2) is 24.0 Å². The molecule has 0 aliphatic rings. The molecule has 2 aromatic carbocycles. The van der Waals surface area contributed by atoms with Crippen LogP contribution in [-0.2, 0) is 25.5 Å². The van der Waals surface area contributed by atoms with Crippen LogP contribution < -0.4 is 0 Å². The van der Waals surface area contributed by atoms with Crippen LogP contribution in [0.15, 0.2) is 40.1 Å². The molecule has 0 N–H and O–H groups in total. The van der Waals surface area contributed by atoms with Gasteiger partial charge in [0.15, 0.2) is 14.5 Å². The zero-order valence-corrected chi connectivity index (χ0v) is 19.8. The fourth-order valence-corrected chi connectivity index (χ4v) is 6.07. The highest BCUT2D eigenvalue weighted by molar-refractivity contribution is 9.10. The zero-order chi connectivity index (χ0) is 22.6. The first-order valence-corrected chi connectivity index (χ1v) is 12.1. The molecular formula is C19H22BrF3O4S2. The van der Waals surface area contributed by atoms with E-state index in [0.717, 1.165) is 4.66 Å². The maximum atomic E-state index is 10.8. The van der Waals surface area contributed by atoms with Gasteiger partial charge in [0.1, 0.15) is 0 Å². The van der Waals surface area contributed by atoms with E-state index in [-0.39, 0.29) is 10.9 Å². The molecule has 0 aliphatic heterocycles. The van der Waals surface area contributed by atoms with E-state index in [9.17, 15) is 13.2 Å². The minimum Gasteiger partial charge on any atom is -0.725 e. The summed E-state index contributed by atoms with van der Waals surface area (Å²) >= 11 is 3.72. The van der Waals surface area contributed by atoms with E-state index in [1.54, 1.807) is 0 Å². The molecular weight excluding hydrogens is 493 g/mol. The number of aryl methyl sites for hydroxylation is 2. The Morgan fingerprint density at radius 3 is 1.90 bits per heavy atom. The fourth-order valence-electron chi connectivity index (χ4n) is 2.50. The Labute approximate surface area is 180 Å². The van der Waals surface area contributed by atoms with Crippen molar-refractivity contribution in [3.63, 3.8) is 0 Å². The molecule has 1 atom stereocenters. The number of halogens is 4. The summed E-state index contributed by atoms with van der Waals surface area (Å²) in [6.07, 6.45) is -5.42. The van der Waals surface area contributed by atoms with Crippen molar-refractivity contribution in [1.82, 2.24) is 0 Å². The van der Waals surface area contributed by atoms with Crippen molar-refractivity contribution in [1.29, 1.82) is 0 Å². The molecule has 4 nitrogen and oxygen atoms in total. The van der Waals surface area contributed by atoms with Crippen molar-refractivity contribution >= 4 is 37.2 Å². The Hall–Kier alpha value is -1.07. The standard InChI is InChI=1S/C18H22BrS.CHF3O4S/c1-12-6-8-17(9-7-12)20(11-19)18-10-13(2)14(3)15(4)16(18)5;2-1(3,4)8-9(5,6)7/h6-10H,11H2,1-5H3;(H,5,6,7)/q+1;/p-1. The molecule has 0 saturated carbocycles. The second-order valence-corrected chi connectivity index (χ2v) is 10.6. The normalized spacial score (nSPS) is 12.9. The van der Waals surface area contributed by atoms with Gasteiger partial charge in [0.25, 0.3) is 0 Å². The number of hydrogen-bond acceptors (Lipinski definition) is 4. The highest BCUT2D eigenvalue weighted by Gasteiger charge is 2.32. The minimum atomic E-state index is -5.66. The Morgan fingerprint density at radius 2 is 1.52 bits per heavy atom. The first-order chi connectivity index (χ1) is 13.2. The van der Waals surface area contributed by atoms with Crippen LogP contribution in [0.2, 0.25) is 0 Å². The summed E-state index contributed by atoms with van der Waals surface area (Å²) in [7, 11) is -5.55. The molecule has 0 aromatic heterocycles. The Morgan fingerprint density at radius 1 is 1.00 bits per heavy atom. The second kappa shape index (κ2) is 10.3. The Bertz CT molecular complexity index is 943. The molecule has 2 aromatic rings. The molecule has 0 bridgehead atoms. The van der Waals surface area contributed by atoms with Gasteiger partial charge >= 0.3 is 6.36 Å². The van der Waals surface area contributed by atoms with E-state index < -0.39 is 16.8 Å². The molecule has 0 fully saturated rings. The van der Waals surface area contributed by atoms with Gasteiger partial charge in [0.2, 0.25) is 10.4 Å². The summed E-state index contributed by atoms with van der Waals surface area (Å²) < 4.78 is 62.7. The largest absolute Gasteiger partial charge is 0.725 e. The third-order valence-electron chi connectivity index (χ3n) is 4.31. The third kappa shape index (κ3) is 8.29.